The first-order valence-corrected chi connectivity index (χ1v) is 10.5. The van der Waals surface area contributed by atoms with Crippen molar-refractivity contribution in [3.8, 4) is 28.6 Å². The van der Waals surface area contributed by atoms with Crippen LogP contribution in [-0.4, -0.2) is 26.1 Å². The zero-order chi connectivity index (χ0) is 20.8. The van der Waals surface area contributed by atoms with Crippen LogP contribution in [0.1, 0.15) is 12.1 Å². The van der Waals surface area contributed by atoms with Crippen molar-refractivity contribution in [3.05, 3.63) is 51.9 Å². The van der Waals surface area contributed by atoms with E-state index in [4.69, 9.17) is 15.2 Å². The lowest BCUT2D eigenvalue weighted by atomic mass is 10.0. The van der Waals surface area contributed by atoms with Crippen molar-refractivity contribution >= 4 is 39.3 Å². The van der Waals surface area contributed by atoms with Gasteiger partial charge in [0, 0.05) is 24.0 Å². The summed E-state index contributed by atoms with van der Waals surface area (Å²) in [7, 11) is 0. The second kappa shape index (κ2) is 7.38. The number of anilines is 1. The molecule has 7 nitrogen and oxygen atoms in total. The van der Waals surface area contributed by atoms with Gasteiger partial charge in [-0.1, -0.05) is 6.07 Å². The van der Waals surface area contributed by atoms with Gasteiger partial charge in [-0.05, 0) is 59.7 Å². The molecule has 0 radical (unpaired) electrons. The van der Waals surface area contributed by atoms with Crippen LogP contribution in [0, 0.1) is 16.4 Å². The van der Waals surface area contributed by atoms with Crippen molar-refractivity contribution in [2.45, 2.75) is 19.9 Å². The Labute approximate surface area is 185 Å². The Morgan fingerprint density at radius 3 is 2.93 bits per heavy atom. The lowest BCUT2D eigenvalue weighted by molar-refractivity contribution is 0.314. The highest BCUT2D eigenvalue weighted by Gasteiger charge is 2.25. The monoisotopic (exact) mass is 517 g/mol. The van der Waals surface area contributed by atoms with Crippen LogP contribution in [0.3, 0.4) is 0 Å². The minimum absolute atomic E-state index is 0.0549. The smallest absolute Gasteiger partial charge is 0.322 e. The molecule has 1 aliphatic rings. The third kappa shape index (κ3) is 3.13. The predicted molar refractivity (Wildman–Crippen MR) is 119 cm³/mol. The summed E-state index contributed by atoms with van der Waals surface area (Å²) < 4.78 is 29.4. The van der Waals surface area contributed by atoms with Gasteiger partial charge in [0.05, 0.1) is 27.4 Å². The molecule has 0 atom stereocenters. The van der Waals surface area contributed by atoms with Crippen LogP contribution < -0.4 is 15.2 Å². The van der Waals surface area contributed by atoms with E-state index in [1.165, 1.54) is 6.07 Å². The largest absolute Gasteiger partial charge is 0.490 e. The number of nitrogens with zero attached hydrogens (tertiary/aromatic N) is 4. The number of pyridine rings is 1. The van der Waals surface area contributed by atoms with Gasteiger partial charge < -0.3 is 19.8 Å². The lowest BCUT2D eigenvalue weighted by Gasteiger charge is -2.09. The van der Waals surface area contributed by atoms with E-state index in [1.54, 1.807) is 30.6 Å². The van der Waals surface area contributed by atoms with Gasteiger partial charge in [-0.3, -0.25) is 0 Å². The van der Waals surface area contributed by atoms with Gasteiger partial charge in [0.2, 0.25) is 0 Å². The quantitative estimate of drug-likeness (QED) is 0.397. The van der Waals surface area contributed by atoms with Crippen LogP contribution >= 0.6 is 22.6 Å². The average molecular weight is 517 g/mol. The van der Waals surface area contributed by atoms with Gasteiger partial charge in [-0.2, -0.15) is 0 Å². The highest BCUT2D eigenvalue weighted by Crippen LogP contribution is 2.43. The molecular weight excluding hydrogens is 500 g/mol. The van der Waals surface area contributed by atoms with E-state index in [9.17, 15) is 4.39 Å². The molecular formula is C21H17FIN5O2. The first-order valence-electron chi connectivity index (χ1n) is 9.39. The number of hydrogen-bond donors (Lipinski definition) is 1. The maximum absolute atomic E-state index is 14.9. The number of hydrogen-bond acceptors (Lipinski definition) is 6. The fourth-order valence-electron chi connectivity index (χ4n) is 3.65. The number of rotatable bonds is 3. The van der Waals surface area contributed by atoms with Gasteiger partial charge in [-0.25, -0.2) is 19.3 Å². The van der Waals surface area contributed by atoms with Crippen molar-refractivity contribution < 1.29 is 13.9 Å². The summed E-state index contributed by atoms with van der Waals surface area (Å²) in [5, 5.41) is 0.772. The third-order valence-electron chi connectivity index (χ3n) is 4.99. The van der Waals surface area contributed by atoms with Gasteiger partial charge >= 0.3 is 6.01 Å². The molecule has 0 saturated carbocycles. The topological polar surface area (TPSA) is 88.1 Å². The van der Waals surface area contributed by atoms with E-state index in [-0.39, 0.29) is 11.8 Å². The molecule has 30 heavy (non-hydrogen) atoms. The molecule has 0 saturated heterocycles. The molecule has 0 amide bonds. The van der Waals surface area contributed by atoms with Crippen molar-refractivity contribution in [1.29, 1.82) is 0 Å². The maximum atomic E-state index is 14.9. The number of nitrogen functional groups attached to an aromatic ring is 1. The zero-order valence-corrected chi connectivity index (χ0v) is 18.2. The Bertz CT molecular complexity index is 1290. The van der Waals surface area contributed by atoms with E-state index in [0.29, 0.717) is 23.7 Å². The van der Waals surface area contributed by atoms with Crippen LogP contribution in [0.25, 0.3) is 22.0 Å². The summed E-state index contributed by atoms with van der Waals surface area (Å²) in [5.74, 6) is 0.623. The molecule has 0 fully saturated rings. The highest BCUT2D eigenvalue weighted by atomic mass is 127. The van der Waals surface area contributed by atoms with Crippen LogP contribution in [-0.2, 0) is 6.54 Å². The van der Waals surface area contributed by atoms with E-state index in [0.717, 1.165) is 38.8 Å². The Hall–Kier alpha value is -2.95. The average Bonchev–Trinajstić information content (AvgIpc) is 2.87. The first kappa shape index (κ1) is 19.0. The van der Waals surface area contributed by atoms with Crippen molar-refractivity contribution in [1.82, 2.24) is 19.5 Å². The van der Waals surface area contributed by atoms with E-state index in [1.807, 2.05) is 6.92 Å². The molecule has 2 N–H and O–H groups in total. The van der Waals surface area contributed by atoms with Gasteiger partial charge in [0.1, 0.15) is 5.82 Å². The molecule has 0 unspecified atom stereocenters. The SMILES string of the molecule is Cc1ccnc(Oc2ccc(-c3c(I)n4c5c(cnc(N)c35)OCCC4)cc2F)n1. The van der Waals surface area contributed by atoms with Gasteiger partial charge in [-0.15, -0.1) is 0 Å². The van der Waals surface area contributed by atoms with Crippen molar-refractivity contribution in [2.75, 3.05) is 12.3 Å². The second-order valence-corrected chi connectivity index (χ2v) is 8.00. The molecule has 3 aromatic heterocycles. The Morgan fingerprint density at radius 2 is 2.13 bits per heavy atom. The van der Waals surface area contributed by atoms with Gasteiger partial charge in [0.25, 0.3) is 0 Å². The Kier molecular flexibility index (Phi) is 4.69. The Balaban J connectivity index is 1.63. The normalized spacial score (nSPS) is 13.2. The minimum atomic E-state index is -0.514. The van der Waals surface area contributed by atoms with Crippen molar-refractivity contribution in [3.63, 3.8) is 0 Å². The molecule has 9 heteroatoms. The second-order valence-electron chi connectivity index (χ2n) is 6.98. The van der Waals surface area contributed by atoms with E-state index in [2.05, 4.69) is 42.1 Å². The number of nitrogens with two attached hydrogens (primary N) is 1. The molecule has 4 heterocycles. The maximum Gasteiger partial charge on any atom is 0.322 e. The third-order valence-corrected chi connectivity index (χ3v) is 6.11. The lowest BCUT2D eigenvalue weighted by Crippen LogP contribution is -2.01. The van der Waals surface area contributed by atoms with Crippen molar-refractivity contribution in [2.24, 2.45) is 0 Å². The number of aromatic nitrogens is 4. The standard InChI is InChI=1S/C21H17FIN5O2/c1-11-5-6-25-21(27-11)30-14-4-3-12(9-13(14)22)16-17-18-15(10-26-20(17)24)29-8-2-7-28(18)19(16)23/h3-6,9-10H,2,7-8H2,1H3,(H2,24,26). The minimum Gasteiger partial charge on any atom is -0.490 e. The predicted octanol–water partition coefficient (Wildman–Crippen LogP) is 4.70. The van der Waals surface area contributed by atoms with Crippen LogP contribution in [0.5, 0.6) is 17.5 Å². The molecule has 152 valence electrons. The molecule has 0 aliphatic carbocycles. The summed E-state index contributed by atoms with van der Waals surface area (Å²) >= 11 is 2.28. The van der Waals surface area contributed by atoms with E-state index >= 15 is 0 Å². The molecule has 5 rings (SSSR count). The summed E-state index contributed by atoms with van der Waals surface area (Å²) in [6, 6.07) is 6.66. The number of benzene rings is 1. The number of ether oxygens (including phenoxy) is 2. The zero-order valence-electron chi connectivity index (χ0n) is 16.0. The first-order chi connectivity index (χ1) is 14.5. The number of halogens is 2. The van der Waals surface area contributed by atoms with Crippen LogP contribution in [0.15, 0.2) is 36.7 Å². The molecule has 0 bridgehead atoms. The number of aryl methyl sites for hydroxylation is 2. The Morgan fingerprint density at radius 1 is 1.27 bits per heavy atom. The summed E-state index contributed by atoms with van der Waals surface area (Å²) in [5.41, 5.74) is 9.39. The molecule has 1 aliphatic heterocycles. The van der Waals surface area contributed by atoms with Crippen LogP contribution in [0.2, 0.25) is 0 Å². The fourth-order valence-corrected chi connectivity index (χ4v) is 4.71. The summed E-state index contributed by atoms with van der Waals surface area (Å²) in [4.78, 5) is 12.5. The summed E-state index contributed by atoms with van der Waals surface area (Å²) in [6.07, 6.45) is 4.09. The van der Waals surface area contributed by atoms with Gasteiger partial charge in [0.15, 0.2) is 17.3 Å². The molecule has 0 spiro atoms. The highest BCUT2D eigenvalue weighted by molar-refractivity contribution is 14.1. The molecule has 1 aromatic carbocycles. The molecule has 4 aromatic rings. The fraction of sp³-hybridized carbons (Fsp3) is 0.190. The van der Waals surface area contributed by atoms with Crippen LogP contribution in [0.4, 0.5) is 10.2 Å². The summed E-state index contributed by atoms with van der Waals surface area (Å²) in [6.45, 7) is 3.23. The van der Waals surface area contributed by atoms with E-state index < -0.39 is 5.82 Å².